The maximum Gasteiger partial charge on any atom is 0.309 e. The van der Waals surface area contributed by atoms with Crippen LogP contribution in [-0.4, -0.2) is 35.8 Å². The van der Waals surface area contributed by atoms with Gasteiger partial charge in [-0.25, -0.2) is 0 Å². The molecule has 0 saturated heterocycles. The Morgan fingerprint density at radius 1 is 1.43 bits per heavy atom. The Labute approximate surface area is 90.2 Å². The third-order valence-corrected chi connectivity index (χ3v) is 3.31. The number of rotatable bonds is 7. The highest BCUT2D eigenvalue weighted by Gasteiger charge is 2.13. The zero-order valence-electron chi connectivity index (χ0n) is 9.16. The molecule has 2 atom stereocenters. The van der Waals surface area contributed by atoms with Crippen molar-refractivity contribution >= 4 is 17.7 Å². The van der Waals surface area contributed by atoms with Gasteiger partial charge in [0.05, 0.1) is 12.5 Å². The first kappa shape index (κ1) is 13.8. The van der Waals surface area contributed by atoms with Gasteiger partial charge in [-0.1, -0.05) is 13.8 Å². The van der Waals surface area contributed by atoms with Gasteiger partial charge in [-0.05, 0) is 18.6 Å². The fraction of sp³-hybridized carbons (Fsp3) is 0.900. The van der Waals surface area contributed by atoms with E-state index in [1.165, 1.54) is 0 Å². The van der Waals surface area contributed by atoms with E-state index in [9.17, 15) is 4.79 Å². The van der Waals surface area contributed by atoms with Crippen LogP contribution < -0.4 is 0 Å². The van der Waals surface area contributed by atoms with Gasteiger partial charge in [0, 0.05) is 12.4 Å². The van der Waals surface area contributed by atoms with Gasteiger partial charge >= 0.3 is 5.97 Å². The fourth-order valence-electron chi connectivity index (χ4n) is 0.851. The summed E-state index contributed by atoms with van der Waals surface area (Å²) in [4.78, 5) is 11.2. The van der Waals surface area contributed by atoms with Crippen LogP contribution in [0.5, 0.6) is 0 Å². The summed E-state index contributed by atoms with van der Waals surface area (Å²) in [7, 11) is 0. The molecule has 0 fully saturated rings. The molecule has 0 aliphatic heterocycles. The van der Waals surface area contributed by atoms with Crippen molar-refractivity contribution in [2.45, 2.75) is 20.8 Å². The largest absolute Gasteiger partial charge is 0.466 e. The van der Waals surface area contributed by atoms with Crippen molar-refractivity contribution in [3.63, 3.8) is 0 Å². The molecule has 0 aromatic rings. The highest BCUT2D eigenvalue weighted by atomic mass is 32.2. The van der Waals surface area contributed by atoms with Crippen LogP contribution in [0.2, 0.25) is 0 Å². The lowest BCUT2D eigenvalue weighted by molar-refractivity contribution is -0.146. The first-order valence-corrected chi connectivity index (χ1v) is 6.12. The van der Waals surface area contributed by atoms with E-state index in [0.717, 1.165) is 11.5 Å². The summed E-state index contributed by atoms with van der Waals surface area (Å²) < 4.78 is 4.89. The SMILES string of the molecule is CCOC(=O)C(C)CSCC(C)CO. The Morgan fingerprint density at radius 2 is 2.07 bits per heavy atom. The van der Waals surface area contributed by atoms with Gasteiger partial charge in [-0.15, -0.1) is 0 Å². The average Bonchev–Trinajstić information content (AvgIpc) is 2.17. The second kappa shape index (κ2) is 8.12. The number of aliphatic hydroxyl groups is 1. The molecule has 0 aromatic heterocycles. The molecule has 3 nitrogen and oxygen atoms in total. The van der Waals surface area contributed by atoms with Crippen LogP contribution in [0.1, 0.15) is 20.8 Å². The number of hydrogen-bond acceptors (Lipinski definition) is 4. The van der Waals surface area contributed by atoms with Crippen molar-refractivity contribution in [3.8, 4) is 0 Å². The van der Waals surface area contributed by atoms with E-state index in [2.05, 4.69) is 0 Å². The Morgan fingerprint density at radius 3 is 2.57 bits per heavy atom. The number of hydrogen-bond donors (Lipinski definition) is 1. The lowest BCUT2D eigenvalue weighted by Crippen LogP contribution is -2.17. The van der Waals surface area contributed by atoms with Gasteiger partial charge in [0.25, 0.3) is 0 Å². The standard InChI is InChI=1S/C10H20O3S/c1-4-13-10(12)9(3)7-14-6-8(2)5-11/h8-9,11H,4-7H2,1-3H3. The van der Waals surface area contributed by atoms with Crippen LogP contribution in [0, 0.1) is 11.8 Å². The molecule has 0 amide bonds. The van der Waals surface area contributed by atoms with E-state index in [1.807, 2.05) is 20.8 Å². The molecule has 0 aromatic carbocycles. The molecule has 4 heteroatoms. The van der Waals surface area contributed by atoms with Crippen molar-refractivity contribution in [1.29, 1.82) is 0 Å². The molecule has 2 unspecified atom stereocenters. The number of carbonyl (C=O) groups excluding carboxylic acids is 1. The van der Waals surface area contributed by atoms with Crippen molar-refractivity contribution in [2.75, 3.05) is 24.7 Å². The Balaban J connectivity index is 3.52. The summed E-state index contributed by atoms with van der Waals surface area (Å²) in [6.07, 6.45) is 0. The van der Waals surface area contributed by atoms with Crippen LogP contribution >= 0.6 is 11.8 Å². The van der Waals surface area contributed by atoms with Crippen LogP contribution in [0.4, 0.5) is 0 Å². The number of aliphatic hydroxyl groups excluding tert-OH is 1. The first-order chi connectivity index (χ1) is 6.61. The number of carbonyl (C=O) groups is 1. The third kappa shape index (κ3) is 6.27. The summed E-state index contributed by atoms with van der Waals surface area (Å²) in [5.41, 5.74) is 0. The highest BCUT2D eigenvalue weighted by Crippen LogP contribution is 2.13. The topological polar surface area (TPSA) is 46.5 Å². The monoisotopic (exact) mass is 220 g/mol. The summed E-state index contributed by atoms with van der Waals surface area (Å²) >= 11 is 1.69. The molecule has 1 N–H and O–H groups in total. The van der Waals surface area contributed by atoms with E-state index in [0.29, 0.717) is 12.5 Å². The molecule has 0 rings (SSSR count). The Bertz CT molecular complexity index is 161. The van der Waals surface area contributed by atoms with Crippen molar-refractivity contribution in [2.24, 2.45) is 11.8 Å². The van der Waals surface area contributed by atoms with E-state index in [4.69, 9.17) is 9.84 Å². The number of ether oxygens (including phenoxy) is 1. The third-order valence-electron chi connectivity index (χ3n) is 1.77. The van der Waals surface area contributed by atoms with Crippen LogP contribution in [0.15, 0.2) is 0 Å². The molecule has 0 heterocycles. The van der Waals surface area contributed by atoms with Gasteiger partial charge in [0.2, 0.25) is 0 Å². The van der Waals surface area contributed by atoms with E-state index < -0.39 is 0 Å². The van der Waals surface area contributed by atoms with E-state index in [1.54, 1.807) is 11.8 Å². The lowest BCUT2D eigenvalue weighted by Gasteiger charge is -2.11. The minimum atomic E-state index is -0.128. The molecule has 0 aliphatic carbocycles. The van der Waals surface area contributed by atoms with Crippen LogP contribution in [-0.2, 0) is 9.53 Å². The van der Waals surface area contributed by atoms with Gasteiger partial charge in [-0.2, -0.15) is 11.8 Å². The summed E-state index contributed by atoms with van der Waals surface area (Å²) in [5, 5.41) is 8.79. The predicted molar refractivity (Wildman–Crippen MR) is 59.4 cm³/mol. The molecule has 0 saturated carbocycles. The summed E-state index contributed by atoms with van der Waals surface area (Å²) in [6.45, 7) is 6.32. The summed E-state index contributed by atoms with van der Waals surface area (Å²) in [5.74, 6) is 1.78. The molecule has 0 radical (unpaired) electrons. The van der Waals surface area contributed by atoms with E-state index >= 15 is 0 Å². The van der Waals surface area contributed by atoms with Gasteiger partial charge in [0.15, 0.2) is 0 Å². The van der Waals surface area contributed by atoms with Crippen LogP contribution in [0.3, 0.4) is 0 Å². The van der Waals surface area contributed by atoms with Gasteiger partial charge < -0.3 is 9.84 Å². The lowest BCUT2D eigenvalue weighted by atomic mass is 10.2. The van der Waals surface area contributed by atoms with Crippen molar-refractivity contribution in [3.05, 3.63) is 0 Å². The second-order valence-electron chi connectivity index (χ2n) is 3.48. The normalized spacial score (nSPS) is 14.9. The summed E-state index contributed by atoms with van der Waals surface area (Å²) in [6, 6.07) is 0. The molecular weight excluding hydrogens is 200 g/mol. The Hall–Kier alpha value is -0.220. The molecule has 0 spiro atoms. The molecular formula is C10H20O3S. The van der Waals surface area contributed by atoms with Gasteiger partial charge in [-0.3, -0.25) is 4.79 Å². The molecule has 84 valence electrons. The Kier molecular flexibility index (Phi) is 7.99. The predicted octanol–water partition coefficient (Wildman–Crippen LogP) is 1.55. The number of esters is 1. The second-order valence-corrected chi connectivity index (χ2v) is 4.55. The first-order valence-electron chi connectivity index (χ1n) is 4.97. The highest BCUT2D eigenvalue weighted by molar-refractivity contribution is 7.99. The van der Waals surface area contributed by atoms with Crippen LogP contribution in [0.25, 0.3) is 0 Å². The zero-order chi connectivity index (χ0) is 11.0. The molecule has 0 bridgehead atoms. The maximum absolute atomic E-state index is 11.2. The van der Waals surface area contributed by atoms with Crippen molar-refractivity contribution in [1.82, 2.24) is 0 Å². The minimum absolute atomic E-state index is 0.0501. The maximum atomic E-state index is 11.2. The fourth-order valence-corrected chi connectivity index (χ4v) is 1.98. The minimum Gasteiger partial charge on any atom is -0.466 e. The van der Waals surface area contributed by atoms with Crippen molar-refractivity contribution < 1.29 is 14.6 Å². The van der Waals surface area contributed by atoms with Gasteiger partial charge in [0.1, 0.15) is 0 Å². The quantitative estimate of drug-likeness (QED) is 0.661. The number of thioether (sulfide) groups is 1. The zero-order valence-corrected chi connectivity index (χ0v) is 9.97. The molecule has 14 heavy (non-hydrogen) atoms. The average molecular weight is 220 g/mol. The molecule has 0 aliphatic rings. The van der Waals surface area contributed by atoms with E-state index in [-0.39, 0.29) is 18.5 Å². The smallest absolute Gasteiger partial charge is 0.309 e.